The number of esters is 1. The van der Waals surface area contributed by atoms with Crippen LogP contribution < -0.4 is 0 Å². The third-order valence-electron chi connectivity index (χ3n) is 3.82. The summed E-state index contributed by atoms with van der Waals surface area (Å²) in [7, 11) is -4.96. The van der Waals surface area contributed by atoms with Crippen molar-refractivity contribution < 1.29 is 43.7 Å². The Bertz CT molecular complexity index is 715. The van der Waals surface area contributed by atoms with Crippen molar-refractivity contribution >= 4 is 13.8 Å². The lowest BCUT2D eigenvalue weighted by Gasteiger charge is -2.31. The molecule has 5 N–H and O–H groups in total. The summed E-state index contributed by atoms with van der Waals surface area (Å²) in [4.78, 5) is 29.6. The van der Waals surface area contributed by atoms with Crippen LogP contribution in [0.3, 0.4) is 0 Å². The van der Waals surface area contributed by atoms with E-state index in [2.05, 4.69) is 4.52 Å². The largest absolute Gasteiger partial charge is 0.469 e. The van der Waals surface area contributed by atoms with E-state index in [-0.39, 0.29) is 13.0 Å². The van der Waals surface area contributed by atoms with Crippen LogP contribution in [-0.2, 0) is 18.6 Å². The molecule has 1 aliphatic heterocycles. The zero-order valence-corrected chi connectivity index (χ0v) is 16.8. The standard InChI is InChI=1S/C19H27O9P/c1-19(23,12-11-16-9-7-10-18(22)27-16)17(28-29(24,25)26)14-15(21)8-5-3-2-4-6-13-20/h2-8,10-12,15-17,20-21,23H,9,13-14H2,1H3,(H2,24,25,26)/b3-2?,6-4+,8-5?,12-11+/t15-,16+,17+,19+/m0/s1. The normalized spacial score (nSPS) is 22.6. The number of ether oxygens (including phenoxy) is 1. The summed E-state index contributed by atoms with van der Waals surface area (Å²) < 4.78 is 21.0. The number of allylic oxidation sites excluding steroid dienone is 4. The molecule has 9 nitrogen and oxygen atoms in total. The lowest BCUT2D eigenvalue weighted by atomic mass is 9.93. The van der Waals surface area contributed by atoms with Gasteiger partial charge in [0.2, 0.25) is 0 Å². The van der Waals surface area contributed by atoms with Crippen LogP contribution in [0.4, 0.5) is 0 Å². The summed E-state index contributed by atoms with van der Waals surface area (Å²) in [5, 5.41) is 29.4. The summed E-state index contributed by atoms with van der Waals surface area (Å²) in [5.41, 5.74) is -1.87. The Morgan fingerprint density at radius 1 is 1.34 bits per heavy atom. The number of carbonyl (C=O) groups excluding carboxylic acids is 1. The van der Waals surface area contributed by atoms with E-state index >= 15 is 0 Å². The molecule has 0 fully saturated rings. The minimum absolute atomic E-state index is 0.100. The average molecular weight is 430 g/mol. The van der Waals surface area contributed by atoms with Gasteiger partial charge in [-0.05, 0) is 13.0 Å². The van der Waals surface area contributed by atoms with Crippen molar-refractivity contribution in [3.63, 3.8) is 0 Å². The smallest absolute Gasteiger partial charge is 0.455 e. The number of hydrogen-bond donors (Lipinski definition) is 5. The Labute approximate surface area is 169 Å². The monoisotopic (exact) mass is 430 g/mol. The van der Waals surface area contributed by atoms with E-state index in [0.29, 0.717) is 6.42 Å². The first-order valence-corrected chi connectivity index (χ1v) is 10.4. The van der Waals surface area contributed by atoms with Gasteiger partial charge >= 0.3 is 13.8 Å². The predicted octanol–water partition coefficient (Wildman–Crippen LogP) is 1.06. The van der Waals surface area contributed by atoms with Crippen molar-refractivity contribution in [3.05, 3.63) is 60.8 Å². The minimum atomic E-state index is -4.96. The first-order chi connectivity index (χ1) is 13.5. The third kappa shape index (κ3) is 11.1. The van der Waals surface area contributed by atoms with Gasteiger partial charge in [-0.25, -0.2) is 9.36 Å². The van der Waals surface area contributed by atoms with Crippen LogP contribution in [0, 0.1) is 0 Å². The molecule has 0 spiro atoms. The molecule has 0 saturated carbocycles. The fourth-order valence-corrected chi connectivity index (χ4v) is 3.01. The quantitative estimate of drug-likeness (QED) is 0.140. The highest BCUT2D eigenvalue weighted by Crippen LogP contribution is 2.41. The van der Waals surface area contributed by atoms with E-state index in [1.54, 1.807) is 24.3 Å². The van der Waals surface area contributed by atoms with E-state index in [9.17, 15) is 19.6 Å². The van der Waals surface area contributed by atoms with Gasteiger partial charge in [-0.1, -0.05) is 48.6 Å². The SMILES string of the molecule is C[C@@](O)(/C=C/[C@H]1CC=CC(=O)O1)[C@@H](C[C@@H](O)C=CC=C/C=C/CO)OP(=O)(O)O. The van der Waals surface area contributed by atoms with Crippen molar-refractivity contribution in [1.82, 2.24) is 0 Å². The zero-order chi connectivity index (χ0) is 21.9. The van der Waals surface area contributed by atoms with E-state index in [1.807, 2.05) is 0 Å². The van der Waals surface area contributed by atoms with Crippen LogP contribution in [0.2, 0.25) is 0 Å². The lowest BCUT2D eigenvalue weighted by Crippen LogP contribution is -2.41. The highest BCUT2D eigenvalue weighted by Gasteiger charge is 2.37. The summed E-state index contributed by atoms with van der Waals surface area (Å²) in [6.07, 6.45) is 11.5. The van der Waals surface area contributed by atoms with Crippen LogP contribution >= 0.6 is 7.82 Å². The molecule has 1 aliphatic rings. The molecule has 29 heavy (non-hydrogen) atoms. The maximum Gasteiger partial charge on any atom is 0.469 e. The molecule has 0 aromatic heterocycles. The van der Waals surface area contributed by atoms with E-state index in [0.717, 1.165) is 0 Å². The second-order valence-corrected chi connectivity index (χ2v) is 7.66. The highest BCUT2D eigenvalue weighted by molar-refractivity contribution is 7.46. The van der Waals surface area contributed by atoms with Gasteiger partial charge in [0, 0.05) is 18.9 Å². The molecule has 0 aliphatic carbocycles. The first-order valence-electron chi connectivity index (χ1n) is 8.85. The average Bonchev–Trinajstić information content (AvgIpc) is 2.61. The molecule has 10 heteroatoms. The molecule has 4 atom stereocenters. The van der Waals surface area contributed by atoms with Crippen LogP contribution in [0.5, 0.6) is 0 Å². The topological polar surface area (TPSA) is 154 Å². The second kappa shape index (κ2) is 12.0. The number of cyclic esters (lactones) is 1. The Hall–Kier alpha value is -1.84. The Kier molecular flexibility index (Phi) is 10.4. The molecule has 0 unspecified atom stereocenters. The summed E-state index contributed by atoms with van der Waals surface area (Å²) >= 11 is 0. The Balaban J connectivity index is 2.84. The number of phosphoric ester groups is 1. The fourth-order valence-electron chi connectivity index (χ4n) is 2.37. The summed E-state index contributed by atoms with van der Waals surface area (Å²) in [5.74, 6) is -0.531. The van der Waals surface area contributed by atoms with Crippen LogP contribution in [0.15, 0.2) is 60.8 Å². The van der Waals surface area contributed by atoms with Crippen molar-refractivity contribution in [2.75, 3.05) is 6.61 Å². The molecule has 0 aromatic rings. The number of hydrogen-bond acceptors (Lipinski definition) is 7. The predicted molar refractivity (Wildman–Crippen MR) is 105 cm³/mol. The summed E-state index contributed by atoms with van der Waals surface area (Å²) in [6, 6.07) is 0. The van der Waals surface area contributed by atoms with Crippen molar-refractivity contribution in [2.45, 2.75) is 43.7 Å². The van der Waals surface area contributed by atoms with Crippen molar-refractivity contribution in [1.29, 1.82) is 0 Å². The van der Waals surface area contributed by atoms with Gasteiger partial charge in [-0.2, -0.15) is 0 Å². The number of phosphoric acid groups is 1. The lowest BCUT2D eigenvalue weighted by molar-refractivity contribution is -0.141. The van der Waals surface area contributed by atoms with Crippen molar-refractivity contribution in [2.24, 2.45) is 0 Å². The van der Waals surface area contributed by atoms with Crippen molar-refractivity contribution in [3.8, 4) is 0 Å². The van der Waals surface area contributed by atoms with Gasteiger partial charge < -0.3 is 29.8 Å². The minimum Gasteiger partial charge on any atom is -0.455 e. The van der Waals surface area contributed by atoms with E-state index in [1.165, 1.54) is 43.4 Å². The maximum absolute atomic E-state index is 11.3. The van der Waals surface area contributed by atoms with Crippen LogP contribution in [-0.4, -0.2) is 61.6 Å². The molecule has 0 saturated heterocycles. The van der Waals surface area contributed by atoms with Gasteiger partial charge in [0.1, 0.15) is 17.8 Å². The molecule has 162 valence electrons. The van der Waals surface area contributed by atoms with Gasteiger partial charge in [-0.3, -0.25) is 4.52 Å². The molecular formula is C19H27O9P. The number of aliphatic hydroxyl groups is 3. The van der Waals surface area contributed by atoms with Crippen LogP contribution in [0.25, 0.3) is 0 Å². The van der Waals surface area contributed by atoms with Crippen LogP contribution in [0.1, 0.15) is 19.8 Å². The number of carbonyl (C=O) groups is 1. The first kappa shape index (κ1) is 25.2. The molecule has 0 aromatic carbocycles. The number of aliphatic hydroxyl groups excluding tert-OH is 2. The molecule has 1 rings (SSSR count). The molecular weight excluding hydrogens is 403 g/mol. The van der Waals surface area contributed by atoms with E-state index < -0.39 is 37.7 Å². The fraction of sp³-hybridized carbons (Fsp3) is 0.421. The van der Waals surface area contributed by atoms with Gasteiger partial charge in [0.15, 0.2) is 0 Å². The van der Waals surface area contributed by atoms with Gasteiger partial charge in [0.25, 0.3) is 0 Å². The van der Waals surface area contributed by atoms with Gasteiger partial charge in [-0.15, -0.1) is 0 Å². The second-order valence-electron chi connectivity index (χ2n) is 6.47. The number of rotatable bonds is 11. The maximum atomic E-state index is 11.3. The Morgan fingerprint density at radius 2 is 2.03 bits per heavy atom. The Morgan fingerprint density at radius 3 is 2.66 bits per heavy atom. The molecule has 1 heterocycles. The highest BCUT2D eigenvalue weighted by atomic mass is 31.2. The third-order valence-corrected chi connectivity index (χ3v) is 4.35. The summed E-state index contributed by atoms with van der Waals surface area (Å²) in [6.45, 7) is 1.16. The van der Waals surface area contributed by atoms with Gasteiger partial charge in [0.05, 0.1) is 12.7 Å². The van der Waals surface area contributed by atoms with E-state index in [4.69, 9.17) is 19.6 Å². The zero-order valence-electron chi connectivity index (χ0n) is 15.9. The molecule has 0 amide bonds. The molecule has 0 radical (unpaired) electrons. The molecule has 0 bridgehead atoms.